The van der Waals surface area contributed by atoms with Crippen LogP contribution in [0.1, 0.15) is 12.5 Å². The lowest BCUT2D eigenvalue weighted by Gasteiger charge is -2.07. The fourth-order valence-corrected chi connectivity index (χ4v) is 1.20. The number of rotatable bonds is 3. The van der Waals surface area contributed by atoms with Crippen molar-refractivity contribution in [3.05, 3.63) is 33.9 Å². The average Bonchev–Trinajstić information content (AvgIpc) is 2.20. The number of benzene rings is 1. The SMILES string of the molecule is Cc1ccc(NC(=O)C(C)S)cc1[N+](=O)[O-]. The molecule has 0 aromatic heterocycles. The fourth-order valence-electron chi connectivity index (χ4n) is 1.13. The van der Waals surface area contributed by atoms with E-state index in [0.29, 0.717) is 11.3 Å². The lowest BCUT2D eigenvalue weighted by molar-refractivity contribution is -0.385. The number of nitrogens with zero attached hydrogens (tertiary/aromatic N) is 1. The highest BCUT2D eigenvalue weighted by atomic mass is 32.1. The molecule has 0 aliphatic carbocycles. The first-order chi connectivity index (χ1) is 7.41. The molecule has 0 heterocycles. The molecule has 0 radical (unpaired) electrons. The molecule has 1 atom stereocenters. The van der Waals surface area contributed by atoms with Crippen LogP contribution in [-0.2, 0) is 4.79 Å². The van der Waals surface area contributed by atoms with Gasteiger partial charge >= 0.3 is 0 Å². The van der Waals surface area contributed by atoms with Gasteiger partial charge in [-0.25, -0.2) is 0 Å². The molecule has 0 aliphatic heterocycles. The Labute approximate surface area is 98.4 Å². The van der Waals surface area contributed by atoms with Gasteiger partial charge in [-0.05, 0) is 19.9 Å². The Hall–Kier alpha value is -1.56. The summed E-state index contributed by atoms with van der Waals surface area (Å²) in [4.78, 5) is 21.5. The van der Waals surface area contributed by atoms with Crippen molar-refractivity contribution in [2.24, 2.45) is 0 Å². The number of nitrogens with one attached hydrogen (secondary N) is 1. The van der Waals surface area contributed by atoms with E-state index in [4.69, 9.17) is 0 Å². The molecule has 0 fully saturated rings. The Bertz CT molecular complexity index is 432. The lowest BCUT2D eigenvalue weighted by atomic mass is 10.2. The first-order valence-corrected chi connectivity index (χ1v) is 5.17. The van der Waals surface area contributed by atoms with Crippen molar-refractivity contribution < 1.29 is 9.72 Å². The Kier molecular flexibility index (Phi) is 3.89. The predicted octanol–water partition coefficient (Wildman–Crippen LogP) is 2.16. The molecule has 1 aromatic carbocycles. The Morgan fingerprint density at radius 2 is 2.19 bits per heavy atom. The molecular weight excluding hydrogens is 228 g/mol. The zero-order valence-electron chi connectivity index (χ0n) is 8.93. The van der Waals surface area contributed by atoms with Gasteiger partial charge in [-0.2, -0.15) is 12.6 Å². The van der Waals surface area contributed by atoms with Crippen molar-refractivity contribution in [3.63, 3.8) is 0 Å². The Balaban J connectivity index is 2.95. The van der Waals surface area contributed by atoms with Gasteiger partial charge in [0.25, 0.3) is 5.69 Å². The van der Waals surface area contributed by atoms with Crippen molar-refractivity contribution >= 4 is 29.9 Å². The molecule has 1 rings (SSSR count). The standard InChI is InChI=1S/C10H12N2O3S/c1-6-3-4-8(5-9(6)12(14)15)11-10(13)7(2)16/h3-5,7,16H,1-2H3,(H,11,13). The highest BCUT2D eigenvalue weighted by Crippen LogP contribution is 2.22. The van der Waals surface area contributed by atoms with Crippen LogP contribution < -0.4 is 5.32 Å². The van der Waals surface area contributed by atoms with Gasteiger partial charge in [-0.3, -0.25) is 14.9 Å². The highest BCUT2D eigenvalue weighted by Gasteiger charge is 2.13. The molecule has 86 valence electrons. The minimum absolute atomic E-state index is 0.00961. The molecule has 1 amide bonds. The van der Waals surface area contributed by atoms with Crippen LogP contribution in [0.15, 0.2) is 18.2 Å². The minimum atomic E-state index is -0.477. The number of hydrogen-bond acceptors (Lipinski definition) is 4. The topological polar surface area (TPSA) is 72.2 Å². The molecule has 0 saturated heterocycles. The Morgan fingerprint density at radius 1 is 1.56 bits per heavy atom. The molecular formula is C10H12N2O3S. The number of amides is 1. The van der Waals surface area contributed by atoms with Crippen LogP contribution in [0.5, 0.6) is 0 Å². The molecule has 1 unspecified atom stereocenters. The summed E-state index contributed by atoms with van der Waals surface area (Å²) in [5.74, 6) is -0.290. The van der Waals surface area contributed by atoms with Gasteiger partial charge in [-0.15, -0.1) is 0 Å². The van der Waals surface area contributed by atoms with Crippen LogP contribution in [0.4, 0.5) is 11.4 Å². The third kappa shape index (κ3) is 2.96. The fraction of sp³-hybridized carbons (Fsp3) is 0.300. The van der Waals surface area contributed by atoms with E-state index in [2.05, 4.69) is 17.9 Å². The van der Waals surface area contributed by atoms with Gasteiger partial charge in [0.1, 0.15) is 0 Å². The van der Waals surface area contributed by atoms with E-state index >= 15 is 0 Å². The third-order valence-electron chi connectivity index (χ3n) is 2.05. The van der Waals surface area contributed by atoms with Gasteiger partial charge in [0.2, 0.25) is 5.91 Å². The van der Waals surface area contributed by atoms with Crippen LogP contribution in [0, 0.1) is 17.0 Å². The van der Waals surface area contributed by atoms with Gasteiger partial charge < -0.3 is 5.32 Å². The van der Waals surface area contributed by atoms with Crippen LogP contribution in [-0.4, -0.2) is 16.1 Å². The maximum atomic E-state index is 11.3. The molecule has 1 N–H and O–H groups in total. The zero-order chi connectivity index (χ0) is 12.3. The molecule has 0 bridgehead atoms. The smallest absolute Gasteiger partial charge is 0.274 e. The number of nitro benzene ring substituents is 1. The highest BCUT2D eigenvalue weighted by molar-refractivity contribution is 7.81. The van der Waals surface area contributed by atoms with E-state index < -0.39 is 10.2 Å². The summed E-state index contributed by atoms with van der Waals surface area (Å²) in [7, 11) is 0. The zero-order valence-corrected chi connectivity index (χ0v) is 9.82. The van der Waals surface area contributed by atoms with Crippen LogP contribution in [0.25, 0.3) is 0 Å². The van der Waals surface area contributed by atoms with Gasteiger partial charge in [0, 0.05) is 17.3 Å². The molecule has 5 nitrogen and oxygen atoms in total. The number of carbonyl (C=O) groups is 1. The lowest BCUT2D eigenvalue weighted by Crippen LogP contribution is -2.20. The normalized spacial score (nSPS) is 11.9. The van der Waals surface area contributed by atoms with Gasteiger partial charge in [-0.1, -0.05) is 6.07 Å². The number of carbonyl (C=O) groups excluding carboxylic acids is 1. The van der Waals surface area contributed by atoms with Gasteiger partial charge in [0.05, 0.1) is 10.2 Å². The summed E-state index contributed by atoms with van der Waals surface area (Å²) >= 11 is 3.96. The van der Waals surface area contributed by atoms with Crippen molar-refractivity contribution in [2.45, 2.75) is 19.1 Å². The first-order valence-electron chi connectivity index (χ1n) is 4.66. The second-order valence-electron chi connectivity index (χ2n) is 3.42. The summed E-state index contributed by atoms with van der Waals surface area (Å²) in [5, 5.41) is 12.8. The largest absolute Gasteiger partial charge is 0.325 e. The van der Waals surface area contributed by atoms with E-state index in [9.17, 15) is 14.9 Å². The number of aryl methyl sites for hydroxylation is 1. The van der Waals surface area contributed by atoms with Crippen molar-refractivity contribution in [3.8, 4) is 0 Å². The molecule has 6 heteroatoms. The van der Waals surface area contributed by atoms with Crippen LogP contribution in [0.3, 0.4) is 0 Å². The summed E-state index contributed by atoms with van der Waals surface area (Å²) < 4.78 is 0. The first kappa shape index (κ1) is 12.5. The van der Waals surface area contributed by atoms with E-state index in [-0.39, 0.29) is 11.6 Å². The van der Waals surface area contributed by atoms with E-state index in [0.717, 1.165) is 0 Å². The Morgan fingerprint density at radius 3 is 2.69 bits per heavy atom. The molecule has 1 aromatic rings. The summed E-state index contributed by atoms with van der Waals surface area (Å²) in [6, 6.07) is 4.55. The predicted molar refractivity (Wildman–Crippen MR) is 64.9 cm³/mol. The molecule has 0 spiro atoms. The number of thiol groups is 1. The van der Waals surface area contributed by atoms with Crippen molar-refractivity contribution in [1.82, 2.24) is 0 Å². The number of anilines is 1. The van der Waals surface area contributed by atoms with E-state index in [1.807, 2.05) is 0 Å². The summed E-state index contributed by atoms with van der Waals surface area (Å²) in [5.41, 5.74) is 0.953. The van der Waals surface area contributed by atoms with Gasteiger partial charge in [0.15, 0.2) is 0 Å². The molecule has 0 aliphatic rings. The van der Waals surface area contributed by atoms with Crippen LogP contribution in [0.2, 0.25) is 0 Å². The molecule has 0 saturated carbocycles. The third-order valence-corrected chi connectivity index (χ3v) is 2.29. The minimum Gasteiger partial charge on any atom is -0.325 e. The quantitative estimate of drug-likeness (QED) is 0.483. The maximum absolute atomic E-state index is 11.3. The monoisotopic (exact) mass is 240 g/mol. The number of hydrogen-bond donors (Lipinski definition) is 2. The molecule has 16 heavy (non-hydrogen) atoms. The van der Waals surface area contributed by atoms with E-state index in [1.165, 1.54) is 6.07 Å². The van der Waals surface area contributed by atoms with E-state index in [1.54, 1.807) is 26.0 Å². The second-order valence-corrected chi connectivity index (χ2v) is 4.20. The van der Waals surface area contributed by atoms with Crippen molar-refractivity contribution in [2.75, 3.05) is 5.32 Å². The average molecular weight is 240 g/mol. The van der Waals surface area contributed by atoms with Crippen molar-refractivity contribution in [1.29, 1.82) is 0 Å². The summed E-state index contributed by atoms with van der Waals surface area (Å²) in [6.45, 7) is 3.27. The van der Waals surface area contributed by atoms with Crippen LogP contribution >= 0.6 is 12.6 Å². The summed E-state index contributed by atoms with van der Waals surface area (Å²) in [6.07, 6.45) is 0. The number of nitro groups is 1. The second kappa shape index (κ2) is 4.98. The maximum Gasteiger partial charge on any atom is 0.274 e.